The first-order chi connectivity index (χ1) is 7.90. The molecule has 0 fully saturated rings. The van der Waals surface area contributed by atoms with Crippen LogP contribution in [-0.4, -0.2) is 12.5 Å². The van der Waals surface area contributed by atoms with Crippen LogP contribution in [0, 0.1) is 23.4 Å². The van der Waals surface area contributed by atoms with Gasteiger partial charge in [0.2, 0.25) is 0 Å². The molecule has 0 atom stereocenters. The van der Waals surface area contributed by atoms with E-state index in [4.69, 9.17) is 5.73 Å². The first-order valence-corrected chi connectivity index (χ1v) is 5.11. The van der Waals surface area contributed by atoms with Gasteiger partial charge in [-0.15, -0.1) is 0 Å². The molecule has 0 saturated carbocycles. The molecule has 3 N–H and O–H groups in total. The first-order valence-electron chi connectivity index (χ1n) is 5.11. The Morgan fingerprint density at radius 3 is 2.59 bits per heavy atom. The molecule has 17 heavy (non-hydrogen) atoms. The maximum Gasteiger partial charge on any atom is 0.193 e. The van der Waals surface area contributed by atoms with Gasteiger partial charge in [-0.05, 0) is 5.92 Å². The average Bonchev–Trinajstić information content (AvgIpc) is 2.22. The van der Waals surface area contributed by atoms with Crippen LogP contribution < -0.4 is 11.1 Å². The van der Waals surface area contributed by atoms with Crippen molar-refractivity contribution in [2.24, 2.45) is 16.6 Å². The normalized spacial score (nSPS) is 12.0. The largest absolute Gasteiger partial charge is 0.370 e. The third-order valence-corrected chi connectivity index (χ3v) is 1.88. The highest BCUT2D eigenvalue weighted by atomic mass is 19.2. The maximum absolute atomic E-state index is 13.2. The lowest BCUT2D eigenvalue weighted by molar-refractivity contribution is 0.498. The van der Waals surface area contributed by atoms with Gasteiger partial charge in [-0.1, -0.05) is 13.8 Å². The fourth-order valence-electron chi connectivity index (χ4n) is 1.11. The Balaban J connectivity index is 2.84. The minimum atomic E-state index is -1.27. The summed E-state index contributed by atoms with van der Waals surface area (Å²) in [6.45, 7) is 4.30. The summed E-state index contributed by atoms with van der Waals surface area (Å²) in [6.07, 6.45) is 0. The molecule has 0 aromatic heterocycles. The highest BCUT2D eigenvalue weighted by molar-refractivity contribution is 5.92. The molecule has 0 amide bonds. The maximum atomic E-state index is 13.2. The molecule has 0 aliphatic heterocycles. The highest BCUT2D eigenvalue weighted by Gasteiger charge is 2.11. The van der Waals surface area contributed by atoms with E-state index < -0.39 is 17.5 Å². The van der Waals surface area contributed by atoms with Crippen LogP contribution in [0.2, 0.25) is 0 Å². The van der Waals surface area contributed by atoms with Crippen molar-refractivity contribution in [3.8, 4) is 0 Å². The fraction of sp³-hybridized carbons (Fsp3) is 0.364. The van der Waals surface area contributed by atoms with Crippen molar-refractivity contribution < 1.29 is 13.2 Å². The van der Waals surface area contributed by atoms with Gasteiger partial charge < -0.3 is 11.1 Å². The molecule has 0 saturated heterocycles. The molecular weight excluding hydrogens is 231 g/mol. The summed E-state index contributed by atoms with van der Waals surface area (Å²) in [6, 6.07) is 1.28. The van der Waals surface area contributed by atoms with Gasteiger partial charge in [-0.25, -0.2) is 13.2 Å². The van der Waals surface area contributed by atoms with Crippen molar-refractivity contribution in [1.29, 1.82) is 0 Å². The molecule has 0 unspecified atom stereocenters. The summed E-state index contributed by atoms with van der Waals surface area (Å²) < 4.78 is 38.9. The number of nitrogens with zero attached hydrogens (tertiary/aromatic N) is 1. The molecule has 6 heteroatoms. The SMILES string of the molecule is CC(C)CN=C(N)Nc1cc(F)cc(F)c1F. The van der Waals surface area contributed by atoms with Gasteiger partial charge in [0.1, 0.15) is 5.82 Å². The Bertz CT molecular complexity index is 430. The number of guanidine groups is 1. The number of benzene rings is 1. The molecule has 0 aliphatic carbocycles. The summed E-state index contributed by atoms with van der Waals surface area (Å²) in [5.41, 5.74) is 5.08. The van der Waals surface area contributed by atoms with Crippen molar-refractivity contribution in [2.45, 2.75) is 13.8 Å². The van der Waals surface area contributed by atoms with Crippen LogP contribution in [0.4, 0.5) is 18.9 Å². The van der Waals surface area contributed by atoms with Crippen LogP contribution in [-0.2, 0) is 0 Å². The van der Waals surface area contributed by atoms with Gasteiger partial charge in [-0.2, -0.15) is 0 Å². The van der Waals surface area contributed by atoms with E-state index in [0.29, 0.717) is 12.6 Å². The summed E-state index contributed by atoms with van der Waals surface area (Å²) in [4.78, 5) is 3.89. The van der Waals surface area contributed by atoms with E-state index in [1.54, 1.807) is 0 Å². The zero-order valence-electron chi connectivity index (χ0n) is 9.60. The number of aliphatic imine (C=N–C) groups is 1. The predicted molar refractivity (Wildman–Crippen MR) is 61.3 cm³/mol. The zero-order valence-corrected chi connectivity index (χ0v) is 9.60. The van der Waals surface area contributed by atoms with Gasteiger partial charge in [-0.3, -0.25) is 4.99 Å². The Morgan fingerprint density at radius 1 is 1.35 bits per heavy atom. The first kappa shape index (κ1) is 13.3. The molecule has 0 radical (unpaired) electrons. The van der Waals surface area contributed by atoms with Crippen LogP contribution in [0.5, 0.6) is 0 Å². The van der Waals surface area contributed by atoms with Crippen molar-refractivity contribution >= 4 is 11.6 Å². The van der Waals surface area contributed by atoms with Crippen molar-refractivity contribution in [1.82, 2.24) is 0 Å². The number of rotatable bonds is 3. The molecule has 94 valence electrons. The quantitative estimate of drug-likeness (QED) is 0.488. The number of anilines is 1. The van der Waals surface area contributed by atoms with E-state index in [-0.39, 0.29) is 17.6 Å². The summed E-state index contributed by atoms with van der Waals surface area (Å²) in [7, 11) is 0. The molecule has 3 nitrogen and oxygen atoms in total. The van der Waals surface area contributed by atoms with Crippen LogP contribution in [0.15, 0.2) is 17.1 Å². The minimum absolute atomic E-state index is 0.0809. The third kappa shape index (κ3) is 3.97. The summed E-state index contributed by atoms with van der Waals surface area (Å²) in [5, 5.41) is 2.32. The van der Waals surface area contributed by atoms with E-state index in [0.717, 1.165) is 6.07 Å². The van der Waals surface area contributed by atoms with Crippen molar-refractivity contribution in [3.05, 3.63) is 29.6 Å². The number of nitrogens with one attached hydrogen (secondary N) is 1. The Hall–Kier alpha value is -1.72. The fourth-order valence-corrected chi connectivity index (χ4v) is 1.11. The highest BCUT2D eigenvalue weighted by Crippen LogP contribution is 2.18. The Labute approximate surface area is 97.5 Å². The topological polar surface area (TPSA) is 50.4 Å². The second-order valence-electron chi connectivity index (χ2n) is 3.99. The lowest BCUT2D eigenvalue weighted by Crippen LogP contribution is -2.24. The Morgan fingerprint density at radius 2 is 2.00 bits per heavy atom. The standard InChI is InChI=1S/C11H14F3N3/c1-6(2)5-16-11(15)17-9-4-7(12)3-8(13)10(9)14/h3-4,6H,5H2,1-2H3,(H3,15,16,17). The summed E-state index contributed by atoms with van der Waals surface area (Å²) in [5.74, 6) is -3.15. The molecule has 1 rings (SSSR count). The monoisotopic (exact) mass is 245 g/mol. The number of hydrogen-bond donors (Lipinski definition) is 2. The summed E-state index contributed by atoms with van der Waals surface area (Å²) >= 11 is 0. The number of hydrogen-bond acceptors (Lipinski definition) is 1. The molecular formula is C11H14F3N3. The molecule has 1 aromatic rings. The second-order valence-corrected chi connectivity index (χ2v) is 3.99. The molecule has 0 heterocycles. The Kier molecular flexibility index (Phi) is 4.37. The predicted octanol–water partition coefficient (Wildman–Crippen LogP) is 2.49. The van der Waals surface area contributed by atoms with E-state index in [1.165, 1.54) is 0 Å². The van der Waals surface area contributed by atoms with Crippen LogP contribution in [0.3, 0.4) is 0 Å². The van der Waals surface area contributed by atoms with Crippen LogP contribution in [0.1, 0.15) is 13.8 Å². The van der Waals surface area contributed by atoms with E-state index >= 15 is 0 Å². The number of nitrogens with two attached hydrogens (primary N) is 1. The van der Waals surface area contributed by atoms with Gasteiger partial charge in [0, 0.05) is 18.7 Å². The minimum Gasteiger partial charge on any atom is -0.370 e. The zero-order chi connectivity index (χ0) is 13.0. The van der Waals surface area contributed by atoms with Crippen molar-refractivity contribution in [2.75, 3.05) is 11.9 Å². The van der Waals surface area contributed by atoms with Gasteiger partial charge >= 0.3 is 0 Å². The lowest BCUT2D eigenvalue weighted by atomic mass is 10.2. The third-order valence-electron chi connectivity index (χ3n) is 1.88. The van der Waals surface area contributed by atoms with Gasteiger partial charge in [0.05, 0.1) is 5.69 Å². The van der Waals surface area contributed by atoms with E-state index in [1.807, 2.05) is 13.8 Å². The van der Waals surface area contributed by atoms with Gasteiger partial charge in [0.15, 0.2) is 17.6 Å². The number of halogens is 3. The lowest BCUT2D eigenvalue weighted by Gasteiger charge is -2.08. The van der Waals surface area contributed by atoms with Crippen molar-refractivity contribution in [3.63, 3.8) is 0 Å². The van der Waals surface area contributed by atoms with E-state index in [9.17, 15) is 13.2 Å². The molecule has 0 bridgehead atoms. The smallest absolute Gasteiger partial charge is 0.193 e. The van der Waals surface area contributed by atoms with Crippen LogP contribution in [0.25, 0.3) is 0 Å². The average molecular weight is 245 g/mol. The van der Waals surface area contributed by atoms with Crippen LogP contribution >= 0.6 is 0 Å². The molecule has 0 spiro atoms. The molecule has 0 aliphatic rings. The van der Waals surface area contributed by atoms with E-state index in [2.05, 4.69) is 10.3 Å². The van der Waals surface area contributed by atoms with Gasteiger partial charge in [0.25, 0.3) is 0 Å². The molecule has 1 aromatic carbocycles. The second kappa shape index (κ2) is 5.56.